The van der Waals surface area contributed by atoms with E-state index < -0.39 is 0 Å². The van der Waals surface area contributed by atoms with Crippen LogP contribution in [0.4, 0.5) is 0 Å². The van der Waals surface area contributed by atoms with Gasteiger partial charge >= 0.3 is 0 Å². The molecular weight excluding hydrogens is 222 g/mol. The van der Waals surface area contributed by atoms with Gasteiger partial charge in [0.15, 0.2) is 5.69 Å². The Labute approximate surface area is 97.3 Å². The van der Waals surface area contributed by atoms with Crippen LogP contribution in [0.15, 0.2) is 35.8 Å². The molecule has 2 aromatic heterocycles. The van der Waals surface area contributed by atoms with Crippen LogP contribution in [0.2, 0.25) is 0 Å². The van der Waals surface area contributed by atoms with E-state index in [0.29, 0.717) is 5.69 Å². The number of hydrogen-bond donors (Lipinski definition) is 1. The number of carbonyl (C=O) groups excluding carboxylic acids is 1. The standard InChI is InChI=1S/C11H11N3OS/c1-8(10-5-3-7-16-10)13-11(15)9-4-2-6-12-14-9/h2-8H,1H3,(H,13,15). The summed E-state index contributed by atoms with van der Waals surface area (Å²) in [5.74, 6) is -0.200. The zero-order chi connectivity index (χ0) is 11.4. The van der Waals surface area contributed by atoms with Gasteiger partial charge in [0.1, 0.15) is 0 Å². The minimum absolute atomic E-state index is 0.00509. The van der Waals surface area contributed by atoms with Crippen LogP contribution in [0.25, 0.3) is 0 Å². The number of rotatable bonds is 3. The largest absolute Gasteiger partial charge is 0.343 e. The lowest BCUT2D eigenvalue weighted by Gasteiger charge is -2.11. The van der Waals surface area contributed by atoms with Crippen molar-refractivity contribution in [2.75, 3.05) is 0 Å². The van der Waals surface area contributed by atoms with Gasteiger partial charge in [-0.05, 0) is 30.5 Å². The first-order valence-corrected chi connectivity index (χ1v) is 5.77. The van der Waals surface area contributed by atoms with E-state index in [1.807, 2.05) is 24.4 Å². The van der Waals surface area contributed by atoms with Gasteiger partial charge in [-0.25, -0.2) is 0 Å². The molecule has 1 amide bonds. The van der Waals surface area contributed by atoms with Crippen molar-refractivity contribution in [1.82, 2.24) is 15.5 Å². The van der Waals surface area contributed by atoms with E-state index in [0.717, 1.165) is 4.88 Å². The van der Waals surface area contributed by atoms with Crippen LogP contribution >= 0.6 is 11.3 Å². The molecule has 0 aromatic carbocycles. The molecule has 0 aliphatic heterocycles. The molecule has 0 spiro atoms. The highest BCUT2D eigenvalue weighted by atomic mass is 32.1. The number of aromatic nitrogens is 2. The molecular formula is C11H11N3OS. The SMILES string of the molecule is CC(NC(=O)c1cccnn1)c1cccs1. The minimum Gasteiger partial charge on any atom is -0.343 e. The molecule has 16 heavy (non-hydrogen) atoms. The fourth-order valence-electron chi connectivity index (χ4n) is 1.30. The van der Waals surface area contributed by atoms with Gasteiger partial charge in [0.2, 0.25) is 0 Å². The zero-order valence-electron chi connectivity index (χ0n) is 8.75. The molecule has 0 aliphatic carbocycles. The predicted octanol–water partition coefficient (Wildman–Crippen LogP) is 2.03. The molecule has 0 aliphatic rings. The first kappa shape index (κ1) is 10.8. The van der Waals surface area contributed by atoms with Crippen molar-refractivity contribution in [3.63, 3.8) is 0 Å². The maximum Gasteiger partial charge on any atom is 0.272 e. The van der Waals surface area contributed by atoms with Gasteiger partial charge in [0.25, 0.3) is 5.91 Å². The Hall–Kier alpha value is -1.75. The van der Waals surface area contributed by atoms with Crippen LogP contribution < -0.4 is 5.32 Å². The maximum atomic E-state index is 11.7. The average Bonchev–Trinajstić information content (AvgIpc) is 2.83. The Balaban J connectivity index is 2.03. The van der Waals surface area contributed by atoms with E-state index in [1.165, 1.54) is 0 Å². The third-order valence-corrected chi connectivity index (χ3v) is 3.18. The summed E-state index contributed by atoms with van der Waals surface area (Å²) in [4.78, 5) is 12.9. The highest BCUT2D eigenvalue weighted by Gasteiger charge is 2.12. The average molecular weight is 233 g/mol. The first-order valence-electron chi connectivity index (χ1n) is 4.89. The van der Waals surface area contributed by atoms with E-state index in [4.69, 9.17) is 0 Å². The van der Waals surface area contributed by atoms with E-state index in [9.17, 15) is 4.79 Å². The second kappa shape index (κ2) is 4.85. The Morgan fingerprint density at radius 1 is 1.44 bits per heavy atom. The summed E-state index contributed by atoms with van der Waals surface area (Å²) in [6.07, 6.45) is 1.54. The molecule has 1 unspecified atom stereocenters. The lowest BCUT2D eigenvalue weighted by Crippen LogP contribution is -2.27. The number of carbonyl (C=O) groups is 1. The highest BCUT2D eigenvalue weighted by Crippen LogP contribution is 2.18. The Morgan fingerprint density at radius 3 is 2.94 bits per heavy atom. The van der Waals surface area contributed by atoms with Crippen LogP contribution in [-0.2, 0) is 0 Å². The predicted molar refractivity (Wildman–Crippen MR) is 62.2 cm³/mol. The molecule has 1 atom stereocenters. The molecule has 2 rings (SSSR count). The van der Waals surface area contributed by atoms with Gasteiger partial charge in [-0.3, -0.25) is 4.79 Å². The van der Waals surface area contributed by atoms with Crippen LogP contribution in [0.3, 0.4) is 0 Å². The van der Waals surface area contributed by atoms with Crippen molar-refractivity contribution in [3.05, 3.63) is 46.4 Å². The van der Waals surface area contributed by atoms with Crippen molar-refractivity contribution < 1.29 is 4.79 Å². The second-order valence-corrected chi connectivity index (χ2v) is 4.30. The lowest BCUT2D eigenvalue weighted by molar-refractivity contribution is 0.0934. The zero-order valence-corrected chi connectivity index (χ0v) is 9.57. The molecule has 0 saturated heterocycles. The molecule has 0 saturated carbocycles. The Kier molecular flexibility index (Phi) is 3.26. The van der Waals surface area contributed by atoms with E-state index in [1.54, 1.807) is 29.7 Å². The van der Waals surface area contributed by atoms with Gasteiger partial charge < -0.3 is 5.32 Å². The van der Waals surface area contributed by atoms with Crippen LogP contribution in [0.5, 0.6) is 0 Å². The molecule has 0 bridgehead atoms. The molecule has 0 radical (unpaired) electrons. The summed E-state index contributed by atoms with van der Waals surface area (Å²) >= 11 is 1.62. The fourth-order valence-corrected chi connectivity index (χ4v) is 2.04. The fraction of sp³-hybridized carbons (Fsp3) is 0.182. The Morgan fingerprint density at radius 2 is 2.31 bits per heavy atom. The summed E-state index contributed by atoms with van der Waals surface area (Å²) in [6.45, 7) is 1.94. The van der Waals surface area contributed by atoms with Gasteiger partial charge in [-0.15, -0.1) is 16.4 Å². The summed E-state index contributed by atoms with van der Waals surface area (Å²) in [5, 5.41) is 12.3. The summed E-state index contributed by atoms with van der Waals surface area (Å²) in [7, 11) is 0. The van der Waals surface area contributed by atoms with Crippen LogP contribution in [0.1, 0.15) is 28.3 Å². The van der Waals surface area contributed by atoms with E-state index in [2.05, 4.69) is 15.5 Å². The molecule has 0 fully saturated rings. The number of nitrogens with one attached hydrogen (secondary N) is 1. The van der Waals surface area contributed by atoms with Gasteiger partial charge in [0, 0.05) is 11.1 Å². The summed E-state index contributed by atoms with van der Waals surface area (Å²) in [5.41, 5.74) is 0.339. The number of nitrogens with zero attached hydrogens (tertiary/aromatic N) is 2. The minimum atomic E-state index is -0.200. The first-order chi connectivity index (χ1) is 7.77. The van der Waals surface area contributed by atoms with E-state index in [-0.39, 0.29) is 11.9 Å². The quantitative estimate of drug-likeness (QED) is 0.882. The van der Waals surface area contributed by atoms with Gasteiger partial charge in [-0.1, -0.05) is 6.07 Å². The lowest BCUT2D eigenvalue weighted by atomic mass is 10.2. The number of amides is 1. The van der Waals surface area contributed by atoms with Crippen LogP contribution in [0, 0.1) is 0 Å². The third kappa shape index (κ3) is 2.43. The summed E-state index contributed by atoms with van der Waals surface area (Å²) in [6, 6.07) is 7.29. The van der Waals surface area contributed by atoms with Crippen molar-refractivity contribution in [2.24, 2.45) is 0 Å². The van der Waals surface area contributed by atoms with Crippen molar-refractivity contribution in [1.29, 1.82) is 0 Å². The molecule has 1 N–H and O–H groups in total. The highest BCUT2D eigenvalue weighted by molar-refractivity contribution is 7.10. The topological polar surface area (TPSA) is 54.9 Å². The molecule has 82 valence electrons. The molecule has 2 heterocycles. The molecule has 5 heteroatoms. The van der Waals surface area contributed by atoms with Gasteiger partial charge in [0.05, 0.1) is 6.04 Å². The Bertz CT molecular complexity index is 455. The third-order valence-electron chi connectivity index (χ3n) is 2.12. The van der Waals surface area contributed by atoms with E-state index >= 15 is 0 Å². The second-order valence-electron chi connectivity index (χ2n) is 3.32. The maximum absolute atomic E-state index is 11.7. The van der Waals surface area contributed by atoms with Crippen molar-refractivity contribution in [2.45, 2.75) is 13.0 Å². The van der Waals surface area contributed by atoms with Gasteiger partial charge in [-0.2, -0.15) is 5.10 Å². The van der Waals surface area contributed by atoms with Crippen molar-refractivity contribution >= 4 is 17.2 Å². The number of thiophene rings is 1. The molecule has 4 nitrogen and oxygen atoms in total. The summed E-state index contributed by atoms with van der Waals surface area (Å²) < 4.78 is 0. The normalized spacial score (nSPS) is 12.1. The van der Waals surface area contributed by atoms with Crippen molar-refractivity contribution in [3.8, 4) is 0 Å². The smallest absolute Gasteiger partial charge is 0.272 e. The molecule has 2 aromatic rings. The number of hydrogen-bond acceptors (Lipinski definition) is 4. The monoisotopic (exact) mass is 233 g/mol. The van der Waals surface area contributed by atoms with Crippen LogP contribution in [-0.4, -0.2) is 16.1 Å².